The summed E-state index contributed by atoms with van der Waals surface area (Å²) in [5, 5.41) is 0. The zero-order valence-corrected chi connectivity index (χ0v) is 16.2. The first-order valence-electron chi connectivity index (χ1n) is 8.44. The maximum absolute atomic E-state index is 2.53. The predicted molar refractivity (Wildman–Crippen MR) is 94.4 cm³/mol. The van der Waals surface area contributed by atoms with E-state index in [0.717, 1.165) is 11.8 Å². The summed E-state index contributed by atoms with van der Waals surface area (Å²) in [5.74, 6) is 1.57. The molecule has 20 heavy (non-hydrogen) atoms. The van der Waals surface area contributed by atoms with Crippen molar-refractivity contribution in [2.45, 2.75) is 87.4 Å². The lowest BCUT2D eigenvalue weighted by Gasteiger charge is -2.31. The fourth-order valence-electron chi connectivity index (χ4n) is 2.23. The molecule has 0 amide bonds. The Hall–Kier alpha value is -0.0800. The molecule has 0 N–H and O–H groups in total. The summed E-state index contributed by atoms with van der Waals surface area (Å²) in [5.41, 5.74) is 0. The molecule has 0 spiro atoms. The molecule has 0 aliphatic carbocycles. The van der Waals surface area contributed by atoms with Gasteiger partial charge >= 0.3 is 0 Å². The summed E-state index contributed by atoms with van der Waals surface area (Å²) >= 11 is 0. The normalized spacial score (nSPS) is 12.3. The van der Waals surface area contributed by atoms with Crippen LogP contribution in [0.1, 0.15) is 69.2 Å². The van der Waals surface area contributed by atoms with Crippen molar-refractivity contribution in [2.75, 3.05) is 20.1 Å². The van der Waals surface area contributed by atoms with Crippen LogP contribution in [0.3, 0.4) is 0 Å². The Bertz CT molecular complexity index is 199. The van der Waals surface area contributed by atoms with Crippen LogP contribution in [0.25, 0.3) is 0 Å². The number of hydrogen-bond acceptors (Lipinski definition) is 2. The minimum Gasteiger partial charge on any atom is -0.304 e. The Labute approximate surface area is 129 Å². The number of nitrogens with zero attached hydrogens (tertiary/aromatic N) is 2. The third-order valence-corrected chi connectivity index (χ3v) is 3.44. The van der Waals surface area contributed by atoms with Crippen molar-refractivity contribution in [1.82, 2.24) is 9.80 Å². The first kappa shape index (κ1) is 22.2. The molecule has 124 valence electrons. The molecule has 0 atom stereocenters. The van der Waals surface area contributed by atoms with E-state index in [4.69, 9.17) is 0 Å². The average molecular weight is 287 g/mol. The maximum atomic E-state index is 2.53. The van der Waals surface area contributed by atoms with Crippen LogP contribution in [0, 0.1) is 11.8 Å². The van der Waals surface area contributed by atoms with Gasteiger partial charge in [0.1, 0.15) is 0 Å². The van der Waals surface area contributed by atoms with Crippen LogP contribution >= 0.6 is 0 Å². The summed E-state index contributed by atoms with van der Waals surface area (Å²) in [6.45, 7) is 25.0. The number of rotatable bonds is 7. The van der Waals surface area contributed by atoms with E-state index in [9.17, 15) is 0 Å². The van der Waals surface area contributed by atoms with Crippen molar-refractivity contribution in [3.05, 3.63) is 0 Å². The largest absolute Gasteiger partial charge is 0.304 e. The van der Waals surface area contributed by atoms with Gasteiger partial charge in [-0.15, -0.1) is 0 Å². The van der Waals surface area contributed by atoms with Crippen LogP contribution < -0.4 is 0 Å². The van der Waals surface area contributed by atoms with Crippen LogP contribution in [0.5, 0.6) is 0 Å². The van der Waals surface area contributed by atoms with E-state index in [1.165, 1.54) is 13.1 Å². The molecule has 2 heteroatoms. The van der Waals surface area contributed by atoms with E-state index in [1.54, 1.807) is 0 Å². The van der Waals surface area contributed by atoms with E-state index in [0.29, 0.717) is 18.1 Å². The molecule has 0 bridgehead atoms. The molecule has 0 aromatic heterocycles. The standard InChI is InChI=1S/C10H23N.C8H19N/c1-8(2)7-11(9(3)4)10(5)6;1-7(2)6-9(5)8(3)4/h8-10H,7H2,1-6H3;7-8H,6H2,1-5H3. The molecular formula is C18H42N2. The van der Waals surface area contributed by atoms with Gasteiger partial charge in [0, 0.05) is 31.2 Å². The second kappa shape index (κ2) is 11.6. The molecule has 0 saturated carbocycles. The summed E-state index contributed by atoms with van der Waals surface area (Å²) < 4.78 is 0. The van der Waals surface area contributed by atoms with Crippen molar-refractivity contribution in [3.8, 4) is 0 Å². The molecule has 2 nitrogen and oxygen atoms in total. The van der Waals surface area contributed by atoms with Crippen LogP contribution in [-0.4, -0.2) is 48.1 Å². The highest BCUT2D eigenvalue weighted by molar-refractivity contribution is 4.68. The van der Waals surface area contributed by atoms with Crippen molar-refractivity contribution in [2.24, 2.45) is 11.8 Å². The molecular weight excluding hydrogens is 244 g/mol. The Morgan fingerprint density at radius 3 is 1.00 bits per heavy atom. The van der Waals surface area contributed by atoms with E-state index in [-0.39, 0.29) is 0 Å². The highest BCUT2D eigenvalue weighted by atomic mass is 15.2. The van der Waals surface area contributed by atoms with E-state index < -0.39 is 0 Å². The topological polar surface area (TPSA) is 6.48 Å². The van der Waals surface area contributed by atoms with Gasteiger partial charge in [-0.25, -0.2) is 0 Å². The lowest BCUT2D eigenvalue weighted by Crippen LogP contribution is -2.39. The Morgan fingerprint density at radius 1 is 0.550 bits per heavy atom. The van der Waals surface area contributed by atoms with Gasteiger partial charge in [0.15, 0.2) is 0 Å². The van der Waals surface area contributed by atoms with Crippen molar-refractivity contribution in [3.63, 3.8) is 0 Å². The summed E-state index contributed by atoms with van der Waals surface area (Å²) in [6, 6.07) is 2.04. The third-order valence-electron chi connectivity index (χ3n) is 3.44. The average Bonchev–Trinajstić information content (AvgIpc) is 2.24. The van der Waals surface area contributed by atoms with Crippen LogP contribution in [-0.2, 0) is 0 Å². The van der Waals surface area contributed by atoms with Crippen molar-refractivity contribution < 1.29 is 0 Å². The van der Waals surface area contributed by atoms with Crippen LogP contribution in [0.4, 0.5) is 0 Å². The minimum absolute atomic E-state index is 0.678. The van der Waals surface area contributed by atoms with Gasteiger partial charge in [-0.05, 0) is 60.4 Å². The summed E-state index contributed by atoms with van der Waals surface area (Å²) in [7, 11) is 2.17. The fraction of sp³-hybridized carbons (Fsp3) is 1.00. The monoisotopic (exact) mass is 286 g/mol. The molecule has 0 rings (SSSR count). The molecule has 0 heterocycles. The van der Waals surface area contributed by atoms with Gasteiger partial charge in [-0.2, -0.15) is 0 Å². The minimum atomic E-state index is 0.678. The molecule has 0 unspecified atom stereocenters. The van der Waals surface area contributed by atoms with Gasteiger partial charge in [-0.3, -0.25) is 4.90 Å². The zero-order chi connectivity index (χ0) is 16.5. The third kappa shape index (κ3) is 12.9. The molecule has 0 aromatic carbocycles. The maximum Gasteiger partial charge on any atom is 0.00414 e. The summed E-state index contributed by atoms with van der Waals surface area (Å²) in [4.78, 5) is 4.90. The molecule has 0 aromatic rings. The quantitative estimate of drug-likeness (QED) is 0.667. The van der Waals surface area contributed by atoms with E-state index >= 15 is 0 Å². The van der Waals surface area contributed by atoms with Gasteiger partial charge < -0.3 is 4.90 Å². The highest BCUT2D eigenvalue weighted by Gasteiger charge is 2.13. The first-order chi connectivity index (χ1) is 8.98. The van der Waals surface area contributed by atoms with Crippen LogP contribution in [0.2, 0.25) is 0 Å². The Balaban J connectivity index is 0. The van der Waals surface area contributed by atoms with Crippen molar-refractivity contribution in [1.29, 1.82) is 0 Å². The first-order valence-corrected chi connectivity index (χ1v) is 8.44. The molecule has 0 aliphatic rings. The van der Waals surface area contributed by atoms with Gasteiger partial charge in [0.2, 0.25) is 0 Å². The lowest BCUT2D eigenvalue weighted by atomic mass is 10.1. The second-order valence-electron chi connectivity index (χ2n) is 7.71. The van der Waals surface area contributed by atoms with E-state index in [1.807, 2.05) is 0 Å². The predicted octanol–water partition coefficient (Wildman–Crippen LogP) is 4.74. The smallest absolute Gasteiger partial charge is 0.00414 e. The number of hydrogen-bond donors (Lipinski definition) is 0. The lowest BCUT2D eigenvalue weighted by molar-refractivity contribution is 0.155. The van der Waals surface area contributed by atoms with Crippen LogP contribution in [0.15, 0.2) is 0 Å². The second-order valence-corrected chi connectivity index (χ2v) is 7.71. The molecule has 0 aliphatic heterocycles. The van der Waals surface area contributed by atoms with Gasteiger partial charge in [0.05, 0.1) is 0 Å². The van der Waals surface area contributed by atoms with E-state index in [2.05, 4.69) is 86.1 Å². The summed E-state index contributed by atoms with van der Waals surface area (Å²) in [6.07, 6.45) is 0. The van der Waals surface area contributed by atoms with Crippen molar-refractivity contribution >= 4 is 0 Å². The fourth-order valence-corrected chi connectivity index (χ4v) is 2.23. The Kier molecular flexibility index (Phi) is 12.8. The highest BCUT2D eigenvalue weighted by Crippen LogP contribution is 2.08. The molecule has 0 radical (unpaired) electrons. The molecule has 0 fully saturated rings. The van der Waals surface area contributed by atoms with Gasteiger partial charge in [-0.1, -0.05) is 27.7 Å². The Morgan fingerprint density at radius 2 is 0.900 bits per heavy atom. The zero-order valence-electron chi connectivity index (χ0n) is 16.2. The SMILES string of the molecule is CC(C)CN(C(C)C)C(C)C.CC(C)CN(C)C(C)C. The molecule has 0 saturated heterocycles. The van der Waals surface area contributed by atoms with Gasteiger partial charge in [0.25, 0.3) is 0 Å².